The zero-order valence-corrected chi connectivity index (χ0v) is 17.3. The van der Waals surface area contributed by atoms with E-state index in [-0.39, 0.29) is 24.1 Å². The van der Waals surface area contributed by atoms with Gasteiger partial charge in [-0.3, -0.25) is 14.4 Å². The molecule has 0 saturated carbocycles. The quantitative estimate of drug-likeness (QED) is 0.765. The summed E-state index contributed by atoms with van der Waals surface area (Å²) in [6.45, 7) is 2.51. The van der Waals surface area contributed by atoms with Gasteiger partial charge >= 0.3 is 0 Å². The van der Waals surface area contributed by atoms with E-state index in [0.29, 0.717) is 37.0 Å². The largest absolute Gasteiger partial charge is 0.368 e. The first-order valence-electron chi connectivity index (χ1n) is 9.78. The molecule has 1 atom stereocenters. The third-order valence-electron chi connectivity index (χ3n) is 5.05. The Hall–Kier alpha value is -3.40. The van der Waals surface area contributed by atoms with Crippen molar-refractivity contribution in [1.82, 2.24) is 9.88 Å². The summed E-state index contributed by atoms with van der Waals surface area (Å²) in [6.07, 6.45) is 4.18. The van der Waals surface area contributed by atoms with Crippen molar-refractivity contribution in [2.75, 3.05) is 36.4 Å². The lowest BCUT2D eigenvalue weighted by Gasteiger charge is -2.36. The van der Waals surface area contributed by atoms with Crippen LogP contribution in [0.3, 0.4) is 0 Å². The van der Waals surface area contributed by atoms with Crippen molar-refractivity contribution in [3.05, 3.63) is 53.3 Å². The summed E-state index contributed by atoms with van der Waals surface area (Å²) in [5.41, 5.74) is 1.53. The number of anilines is 2. The summed E-state index contributed by atoms with van der Waals surface area (Å²) in [5, 5.41) is 4.83. The van der Waals surface area contributed by atoms with E-state index >= 15 is 0 Å². The normalized spacial score (nSPS) is 18.4. The fourth-order valence-corrected chi connectivity index (χ4v) is 4.07. The van der Waals surface area contributed by atoms with Crippen molar-refractivity contribution < 1.29 is 18.8 Å². The van der Waals surface area contributed by atoms with Crippen LogP contribution in [0.15, 0.2) is 46.8 Å². The number of nitrogens with one attached hydrogen (secondary N) is 1. The molecule has 0 spiro atoms. The van der Waals surface area contributed by atoms with Crippen LogP contribution in [-0.4, -0.2) is 60.0 Å². The third kappa shape index (κ3) is 5.21. The van der Waals surface area contributed by atoms with Gasteiger partial charge < -0.3 is 15.1 Å². The maximum Gasteiger partial charge on any atom is 0.269 e. The molecule has 160 valence electrons. The number of aromatic nitrogens is 1. The molecular formula is C21H20FN5O3S. The number of amides is 3. The Morgan fingerprint density at radius 1 is 1.16 bits per heavy atom. The number of thiazole rings is 1. The standard InChI is InChI=1S/C21H20FN5O3S/c22-15-2-4-17(5-3-15)26-7-9-27(10-8-26)19(29)11-16-13-31-21(24-16)25-20(30)14-1-6-18(28)23-12-14/h1-6,12-14H,7-11H2,(H,24,25,30). The van der Waals surface area contributed by atoms with Gasteiger partial charge in [-0.2, -0.15) is 0 Å². The molecule has 2 aliphatic heterocycles. The van der Waals surface area contributed by atoms with Crippen LogP contribution in [0.4, 0.5) is 15.2 Å². The van der Waals surface area contributed by atoms with Crippen LogP contribution < -0.4 is 10.2 Å². The van der Waals surface area contributed by atoms with E-state index in [2.05, 4.69) is 20.2 Å². The fourth-order valence-electron chi connectivity index (χ4n) is 3.35. The zero-order valence-electron chi connectivity index (χ0n) is 16.5. The number of rotatable bonds is 5. The Morgan fingerprint density at radius 3 is 2.58 bits per heavy atom. The van der Waals surface area contributed by atoms with Gasteiger partial charge in [-0.25, -0.2) is 14.4 Å². The van der Waals surface area contributed by atoms with Crippen molar-refractivity contribution in [2.24, 2.45) is 10.9 Å². The summed E-state index contributed by atoms with van der Waals surface area (Å²) in [5.74, 6) is -1.64. The molecule has 0 radical (unpaired) electrons. The summed E-state index contributed by atoms with van der Waals surface area (Å²) < 4.78 is 13.1. The van der Waals surface area contributed by atoms with Gasteiger partial charge in [0.1, 0.15) is 5.82 Å². The molecule has 1 unspecified atom stereocenters. The maximum absolute atomic E-state index is 13.1. The maximum atomic E-state index is 13.1. The minimum absolute atomic E-state index is 0.0252. The van der Waals surface area contributed by atoms with E-state index in [1.54, 1.807) is 22.4 Å². The molecule has 0 aliphatic carbocycles. The molecular weight excluding hydrogens is 421 g/mol. The fraction of sp³-hybridized carbons (Fsp3) is 0.286. The Labute approximate surface area is 182 Å². The molecule has 4 rings (SSSR count). The van der Waals surface area contributed by atoms with Crippen molar-refractivity contribution >= 4 is 46.1 Å². The van der Waals surface area contributed by atoms with Crippen LogP contribution in [-0.2, 0) is 20.8 Å². The molecule has 0 bridgehead atoms. The highest BCUT2D eigenvalue weighted by atomic mass is 32.1. The molecule has 2 aliphatic rings. The van der Waals surface area contributed by atoms with E-state index in [1.165, 1.54) is 41.8 Å². The number of aliphatic imine (C=N–C) groups is 1. The average molecular weight is 441 g/mol. The minimum Gasteiger partial charge on any atom is -0.368 e. The third-order valence-corrected chi connectivity index (χ3v) is 5.86. The Bertz CT molecular complexity index is 1030. The second-order valence-corrected chi connectivity index (χ2v) is 8.01. The van der Waals surface area contributed by atoms with Gasteiger partial charge in [-0.1, -0.05) is 6.08 Å². The van der Waals surface area contributed by atoms with Gasteiger partial charge in [0.15, 0.2) is 5.13 Å². The number of carbonyl (C=O) groups is 3. The minimum atomic E-state index is -0.621. The van der Waals surface area contributed by atoms with Crippen molar-refractivity contribution in [1.29, 1.82) is 0 Å². The average Bonchev–Trinajstić information content (AvgIpc) is 3.21. The number of nitrogens with zero attached hydrogens (tertiary/aromatic N) is 4. The number of dihydropyridines is 1. The van der Waals surface area contributed by atoms with Gasteiger partial charge in [0.25, 0.3) is 5.91 Å². The lowest BCUT2D eigenvalue weighted by molar-refractivity contribution is -0.130. The van der Waals surface area contributed by atoms with Crippen LogP contribution >= 0.6 is 11.3 Å². The number of halogens is 1. The molecule has 10 heteroatoms. The number of piperazine rings is 1. The van der Waals surface area contributed by atoms with Crippen LogP contribution in [0, 0.1) is 11.7 Å². The first kappa shape index (κ1) is 20.9. The van der Waals surface area contributed by atoms with Crippen LogP contribution in [0.1, 0.15) is 5.69 Å². The summed E-state index contributed by atoms with van der Waals surface area (Å²) >= 11 is 1.24. The Kier molecular flexibility index (Phi) is 6.17. The van der Waals surface area contributed by atoms with E-state index in [1.807, 2.05) is 0 Å². The van der Waals surface area contributed by atoms with Crippen molar-refractivity contribution in [3.8, 4) is 0 Å². The smallest absolute Gasteiger partial charge is 0.269 e. The molecule has 8 nitrogen and oxygen atoms in total. The number of hydrogen-bond donors (Lipinski definition) is 1. The van der Waals surface area contributed by atoms with Crippen LogP contribution in [0.25, 0.3) is 0 Å². The first-order chi connectivity index (χ1) is 15.0. The topological polar surface area (TPSA) is 95.0 Å². The van der Waals surface area contributed by atoms with Crippen LogP contribution in [0.2, 0.25) is 0 Å². The van der Waals surface area contributed by atoms with Gasteiger partial charge in [-0.15, -0.1) is 11.3 Å². The van der Waals surface area contributed by atoms with Gasteiger partial charge in [-0.05, 0) is 24.3 Å². The highest BCUT2D eigenvalue weighted by molar-refractivity contribution is 7.14. The predicted octanol–water partition coefficient (Wildman–Crippen LogP) is 1.90. The van der Waals surface area contributed by atoms with Gasteiger partial charge in [0, 0.05) is 49.5 Å². The zero-order chi connectivity index (χ0) is 21.8. The number of benzene rings is 1. The first-order valence-corrected chi connectivity index (χ1v) is 10.7. The highest BCUT2D eigenvalue weighted by Crippen LogP contribution is 2.20. The Morgan fingerprint density at radius 2 is 1.90 bits per heavy atom. The lowest BCUT2D eigenvalue weighted by Crippen LogP contribution is -2.49. The second kappa shape index (κ2) is 9.17. The lowest BCUT2D eigenvalue weighted by atomic mass is 10.1. The molecule has 3 amide bonds. The van der Waals surface area contributed by atoms with E-state index in [0.717, 1.165) is 5.69 Å². The number of hydrogen-bond acceptors (Lipinski definition) is 6. The predicted molar refractivity (Wildman–Crippen MR) is 116 cm³/mol. The molecule has 1 fully saturated rings. The SMILES string of the molecule is O=C1C=CC(C(=O)Nc2nc(CC(=O)N3CCN(c4ccc(F)cc4)CC3)cs2)C=N1. The molecule has 3 heterocycles. The van der Waals surface area contributed by atoms with Crippen LogP contribution in [0.5, 0.6) is 0 Å². The second-order valence-electron chi connectivity index (χ2n) is 7.16. The summed E-state index contributed by atoms with van der Waals surface area (Å²) in [7, 11) is 0. The Balaban J connectivity index is 1.27. The molecule has 1 N–H and O–H groups in total. The molecule has 1 aromatic heterocycles. The van der Waals surface area contributed by atoms with Crippen molar-refractivity contribution in [3.63, 3.8) is 0 Å². The monoisotopic (exact) mass is 441 g/mol. The molecule has 1 saturated heterocycles. The van der Waals surface area contributed by atoms with Gasteiger partial charge in [0.05, 0.1) is 18.0 Å². The molecule has 2 aromatic rings. The van der Waals surface area contributed by atoms with Gasteiger partial charge in [0.2, 0.25) is 11.8 Å². The van der Waals surface area contributed by atoms with Crippen molar-refractivity contribution in [2.45, 2.75) is 6.42 Å². The van der Waals surface area contributed by atoms with E-state index in [9.17, 15) is 18.8 Å². The number of carbonyl (C=O) groups excluding carboxylic acids is 3. The van der Waals surface area contributed by atoms with E-state index < -0.39 is 11.8 Å². The molecule has 31 heavy (non-hydrogen) atoms. The highest BCUT2D eigenvalue weighted by Gasteiger charge is 2.23. The van der Waals surface area contributed by atoms with E-state index in [4.69, 9.17) is 0 Å². The summed E-state index contributed by atoms with van der Waals surface area (Å²) in [4.78, 5) is 47.7. The summed E-state index contributed by atoms with van der Waals surface area (Å²) in [6, 6.07) is 6.35. The molecule has 1 aromatic carbocycles.